The molecule has 0 bridgehead atoms. The van der Waals surface area contributed by atoms with E-state index < -0.39 is 28.7 Å². The van der Waals surface area contributed by atoms with Crippen LogP contribution in [0, 0.1) is 5.82 Å². The number of nitrogens with one attached hydrogen (secondary N) is 2. The summed E-state index contributed by atoms with van der Waals surface area (Å²) in [5.74, 6) is -4.90. The lowest BCUT2D eigenvalue weighted by Crippen LogP contribution is -2.48. The van der Waals surface area contributed by atoms with Gasteiger partial charge in [0.15, 0.2) is 0 Å². The van der Waals surface area contributed by atoms with E-state index in [0.717, 1.165) is 18.2 Å². The standard InChI is InChI=1S/C23H20F3N5O3/c1-22(25,26)18-8-15(24)2-5-19(18)34-17-4-3-16(29-12-17)11-30-21(33)23(6-7-23)31-20(32)14-9-27-13-28-10-14/h2-5,8-10,12-13H,6-7,11H2,1H3,(H,30,33)(H,31,32). The first-order valence-electron chi connectivity index (χ1n) is 10.3. The maximum atomic E-state index is 13.8. The van der Waals surface area contributed by atoms with Gasteiger partial charge in [0.05, 0.1) is 29.6 Å². The summed E-state index contributed by atoms with van der Waals surface area (Å²) >= 11 is 0. The summed E-state index contributed by atoms with van der Waals surface area (Å²) in [4.78, 5) is 36.7. The maximum Gasteiger partial charge on any atom is 0.274 e. The molecule has 0 radical (unpaired) electrons. The molecule has 1 aliphatic rings. The van der Waals surface area contributed by atoms with Crippen molar-refractivity contribution in [3.63, 3.8) is 0 Å². The third-order valence-corrected chi connectivity index (χ3v) is 5.23. The van der Waals surface area contributed by atoms with Gasteiger partial charge in [-0.05, 0) is 43.2 Å². The van der Waals surface area contributed by atoms with E-state index in [2.05, 4.69) is 25.6 Å². The molecular formula is C23H20F3N5O3. The van der Waals surface area contributed by atoms with Crippen LogP contribution in [-0.2, 0) is 17.3 Å². The summed E-state index contributed by atoms with van der Waals surface area (Å²) in [5.41, 5.74) is -0.827. The van der Waals surface area contributed by atoms with Crippen molar-refractivity contribution in [3.05, 3.63) is 77.9 Å². The summed E-state index contributed by atoms with van der Waals surface area (Å²) in [6.07, 6.45) is 6.34. The lowest BCUT2D eigenvalue weighted by Gasteiger charge is -2.17. The highest BCUT2D eigenvalue weighted by atomic mass is 19.3. The van der Waals surface area contributed by atoms with Gasteiger partial charge in [0.2, 0.25) is 5.91 Å². The molecule has 11 heteroatoms. The fourth-order valence-corrected chi connectivity index (χ4v) is 3.22. The van der Waals surface area contributed by atoms with Gasteiger partial charge in [-0.15, -0.1) is 0 Å². The number of rotatable bonds is 8. The van der Waals surface area contributed by atoms with E-state index in [4.69, 9.17) is 4.74 Å². The zero-order valence-electron chi connectivity index (χ0n) is 18.0. The first-order valence-corrected chi connectivity index (χ1v) is 10.3. The molecule has 0 atom stereocenters. The Hall–Kier alpha value is -4.02. The smallest absolute Gasteiger partial charge is 0.274 e. The fourth-order valence-electron chi connectivity index (χ4n) is 3.22. The molecule has 2 amide bonds. The van der Waals surface area contributed by atoms with Crippen molar-refractivity contribution < 1.29 is 27.5 Å². The first-order chi connectivity index (χ1) is 16.2. The van der Waals surface area contributed by atoms with E-state index in [9.17, 15) is 22.8 Å². The van der Waals surface area contributed by atoms with Crippen LogP contribution in [0.5, 0.6) is 11.5 Å². The summed E-state index contributed by atoms with van der Waals surface area (Å²) in [5, 5.41) is 5.45. The topological polar surface area (TPSA) is 106 Å². The van der Waals surface area contributed by atoms with Crippen LogP contribution in [0.3, 0.4) is 0 Å². The number of ether oxygens (including phenoxy) is 1. The van der Waals surface area contributed by atoms with Crippen LogP contribution >= 0.6 is 0 Å². The Morgan fingerprint density at radius 2 is 1.85 bits per heavy atom. The molecule has 8 nitrogen and oxygen atoms in total. The number of alkyl halides is 2. The van der Waals surface area contributed by atoms with Gasteiger partial charge in [-0.2, -0.15) is 0 Å². The van der Waals surface area contributed by atoms with Crippen molar-refractivity contribution >= 4 is 11.8 Å². The number of halogens is 3. The third kappa shape index (κ3) is 5.30. The van der Waals surface area contributed by atoms with Gasteiger partial charge in [0.25, 0.3) is 11.8 Å². The maximum absolute atomic E-state index is 13.8. The van der Waals surface area contributed by atoms with Crippen molar-refractivity contribution in [1.29, 1.82) is 0 Å². The fraction of sp³-hybridized carbons (Fsp3) is 0.261. The molecule has 1 fully saturated rings. The van der Waals surface area contributed by atoms with E-state index in [1.165, 1.54) is 31.0 Å². The predicted molar refractivity (Wildman–Crippen MR) is 114 cm³/mol. The highest BCUT2D eigenvalue weighted by molar-refractivity contribution is 6.00. The second kappa shape index (κ2) is 9.08. The molecule has 1 aliphatic carbocycles. The largest absolute Gasteiger partial charge is 0.455 e. The lowest BCUT2D eigenvalue weighted by molar-refractivity contribution is -0.124. The van der Waals surface area contributed by atoms with Gasteiger partial charge >= 0.3 is 0 Å². The monoisotopic (exact) mass is 471 g/mol. The van der Waals surface area contributed by atoms with E-state index >= 15 is 0 Å². The van der Waals surface area contributed by atoms with Gasteiger partial charge in [0.1, 0.15) is 29.2 Å². The van der Waals surface area contributed by atoms with Crippen LogP contribution in [0.2, 0.25) is 0 Å². The molecule has 176 valence electrons. The second-order valence-corrected chi connectivity index (χ2v) is 7.96. The molecule has 3 aromatic rings. The highest BCUT2D eigenvalue weighted by Gasteiger charge is 2.51. The predicted octanol–water partition coefficient (Wildman–Crippen LogP) is 3.49. The Morgan fingerprint density at radius 1 is 1.12 bits per heavy atom. The van der Waals surface area contributed by atoms with Crippen molar-refractivity contribution in [2.45, 2.75) is 37.8 Å². The molecule has 0 aliphatic heterocycles. The highest BCUT2D eigenvalue weighted by Crippen LogP contribution is 2.37. The number of amides is 2. The lowest BCUT2D eigenvalue weighted by atomic mass is 10.1. The Bertz CT molecular complexity index is 1200. The summed E-state index contributed by atoms with van der Waals surface area (Å²) in [6.45, 7) is 0.737. The molecule has 34 heavy (non-hydrogen) atoms. The molecule has 0 saturated heterocycles. The van der Waals surface area contributed by atoms with Crippen molar-refractivity contribution in [3.8, 4) is 11.5 Å². The molecule has 4 rings (SSSR count). The van der Waals surface area contributed by atoms with Gasteiger partial charge in [-0.3, -0.25) is 14.6 Å². The van der Waals surface area contributed by atoms with Gasteiger partial charge in [-0.25, -0.2) is 23.1 Å². The molecule has 0 spiro atoms. The molecule has 0 unspecified atom stereocenters. The summed E-state index contributed by atoms with van der Waals surface area (Å²) in [6, 6.07) is 5.94. The summed E-state index contributed by atoms with van der Waals surface area (Å²) in [7, 11) is 0. The van der Waals surface area contributed by atoms with Crippen LogP contribution < -0.4 is 15.4 Å². The van der Waals surface area contributed by atoms with E-state index in [-0.39, 0.29) is 29.5 Å². The minimum atomic E-state index is -3.29. The average molecular weight is 471 g/mol. The number of hydrogen-bond acceptors (Lipinski definition) is 6. The number of nitrogens with zero attached hydrogens (tertiary/aromatic N) is 3. The Balaban J connectivity index is 1.35. The van der Waals surface area contributed by atoms with Crippen LogP contribution in [0.4, 0.5) is 13.2 Å². The number of pyridine rings is 1. The molecule has 1 aromatic carbocycles. The van der Waals surface area contributed by atoms with Crippen molar-refractivity contribution in [1.82, 2.24) is 25.6 Å². The number of carbonyl (C=O) groups excluding carboxylic acids is 2. The Labute approximate surface area is 192 Å². The zero-order valence-corrected chi connectivity index (χ0v) is 18.0. The van der Waals surface area contributed by atoms with Crippen LogP contribution in [0.15, 0.2) is 55.2 Å². The quantitative estimate of drug-likeness (QED) is 0.521. The van der Waals surface area contributed by atoms with E-state index in [1.807, 2.05) is 0 Å². The van der Waals surface area contributed by atoms with Crippen LogP contribution in [0.25, 0.3) is 0 Å². The normalized spacial score (nSPS) is 14.2. The van der Waals surface area contributed by atoms with Crippen molar-refractivity contribution in [2.75, 3.05) is 0 Å². The average Bonchev–Trinajstić information content (AvgIpc) is 3.60. The third-order valence-electron chi connectivity index (χ3n) is 5.23. The molecule has 2 N–H and O–H groups in total. The molecule has 2 aromatic heterocycles. The number of aromatic nitrogens is 3. The van der Waals surface area contributed by atoms with Gasteiger partial charge in [-0.1, -0.05) is 0 Å². The molecular weight excluding hydrogens is 451 g/mol. The van der Waals surface area contributed by atoms with Gasteiger partial charge < -0.3 is 15.4 Å². The number of benzene rings is 1. The minimum absolute atomic E-state index is 0.0833. The first kappa shape index (κ1) is 23.1. The van der Waals surface area contributed by atoms with Gasteiger partial charge in [0, 0.05) is 19.3 Å². The Kier molecular flexibility index (Phi) is 6.18. The molecule has 2 heterocycles. The minimum Gasteiger partial charge on any atom is -0.455 e. The van der Waals surface area contributed by atoms with Crippen LogP contribution in [-0.4, -0.2) is 32.3 Å². The van der Waals surface area contributed by atoms with Crippen LogP contribution in [0.1, 0.15) is 41.4 Å². The SMILES string of the molecule is CC(F)(F)c1cc(F)ccc1Oc1ccc(CNC(=O)C2(NC(=O)c3cncnc3)CC2)nc1. The molecule has 1 saturated carbocycles. The van der Waals surface area contributed by atoms with Crippen molar-refractivity contribution in [2.24, 2.45) is 0 Å². The number of hydrogen-bond donors (Lipinski definition) is 2. The van der Waals surface area contributed by atoms with E-state index in [1.54, 1.807) is 6.07 Å². The van der Waals surface area contributed by atoms with E-state index in [0.29, 0.717) is 25.5 Å². The zero-order chi connectivity index (χ0) is 24.3. The Morgan fingerprint density at radius 3 is 2.47 bits per heavy atom. The summed E-state index contributed by atoms with van der Waals surface area (Å²) < 4.78 is 46.4. The second-order valence-electron chi connectivity index (χ2n) is 7.96. The number of carbonyl (C=O) groups is 2.